The molecular formula is C16H30IN7O2. The van der Waals surface area contributed by atoms with Crippen LogP contribution in [0.4, 0.5) is 0 Å². The Bertz CT molecular complexity index is 571. The third-order valence-electron chi connectivity index (χ3n) is 4.05. The second kappa shape index (κ2) is 12.0. The van der Waals surface area contributed by atoms with Crippen molar-refractivity contribution in [3.8, 4) is 0 Å². The molecule has 1 atom stereocenters. The largest absolute Gasteiger partial charge is 0.376 e. The molecule has 148 valence electrons. The van der Waals surface area contributed by atoms with E-state index in [1.807, 2.05) is 4.57 Å². The van der Waals surface area contributed by atoms with Crippen molar-refractivity contribution in [2.45, 2.75) is 38.8 Å². The van der Waals surface area contributed by atoms with Crippen LogP contribution in [-0.2, 0) is 22.5 Å². The first-order valence-corrected chi connectivity index (χ1v) is 8.80. The van der Waals surface area contributed by atoms with Crippen molar-refractivity contribution < 1.29 is 9.53 Å². The molecule has 0 bridgehead atoms. The Morgan fingerprint density at radius 2 is 2.27 bits per heavy atom. The molecule has 0 spiro atoms. The molecule has 10 heteroatoms. The number of ether oxygens (including phenoxy) is 1. The van der Waals surface area contributed by atoms with Crippen LogP contribution < -0.4 is 10.6 Å². The number of aryl methyl sites for hydroxylation is 1. The predicted octanol–water partition coefficient (Wildman–Crippen LogP) is 0.261. The van der Waals surface area contributed by atoms with Crippen molar-refractivity contribution in [1.82, 2.24) is 30.3 Å². The molecular weight excluding hydrogens is 449 g/mol. The highest BCUT2D eigenvalue weighted by Crippen LogP contribution is 2.10. The summed E-state index contributed by atoms with van der Waals surface area (Å²) in [5, 5.41) is 14.5. The molecule has 1 aliphatic heterocycles. The van der Waals surface area contributed by atoms with Crippen molar-refractivity contribution in [3.05, 3.63) is 12.2 Å². The molecule has 1 fully saturated rings. The van der Waals surface area contributed by atoms with E-state index in [-0.39, 0.29) is 42.5 Å². The lowest BCUT2D eigenvalue weighted by Crippen LogP contribution is -2.43. The Labute approximate surface area is 172 Å². The van der Waals surface area contributed by atoms with Crippen molar-refractivity contribution in [3.63, 3.8) is 0 Å². The Morgan fingerprint density at radius 1 is 1.46 bits per heavy atom. The van der Waals surface area contributed by atoms with Gasteiger partial charge in [0.05, 0.1) is 6.10 Å². The Morgan fingerprint density at radius 3 is 2.92 bits per heavy atom. The maximum Gasteiger partial charge on any atom is 0.243 e. The zero-order valence-electron chi connectivity index (χ0n) is 15.8. The number of likely N-dealkylation sites (N-methyl/N-ethyl adjacent to an activating group) is 1. The van der Waals surface area contributed by atoms with Gasteiger partial charge in [0, 0.05) is 46.8 Å². The van der Waals surface area contributed by atoms with Crippen molar-refractivity contribution in [2.75, 3.05) is 40.3 Å². The number of carbonyl (C=O) groups is 1. The number of aromatic nitrogens is 3. The highest BCUT2D eigenvalue weighted by atomic mass is 127. The van der Waals surface area contributed by atoms with E-state index in [1.54, 1.807) is 20.4 Å². The smallest absolute Gasteiger partial charge is 0.243 e. The topological polar surface area (TPSA) is 96.7 Å². The molecule has 26 heavy (non-hydrogen) atoms. The molecule has 0 aromatic carbocycles. The maximum atomic E-state index is 11.8. The van der Waals surface area contributed by atoms with Crippen molar-refractivity contribution in [1.29, 1.82) is 0 Å². The first-order chi connectivity index (χ1) is 12.1. The fourth-order valence-electron chi connectivity index (χ4n) is 2.51. The quantitative estimate of drug-likeness (QED) is 0.316. The van der Waals surface area contributed by atoms with E-state index < -0.39 is 0 Å². The highest BCUT2D eigenvalue weighted by molar-refractivity contribution is 14.0. The summed E-state index contributed by atoms with van der Waals surface area (Å²) < 4.78 is 7.63. The van der Waals surface area contributed by atoms with Crippen LogP contribution in [0.3, 0.4) is 0 Å². The Kier molecular flexibility index (Phi) is 10.5. The van der Waals surface area contributed by atoms with E-state index in [2.05, 4.69) is 32.7 Å². The van der Waals surface area contributed by atoms with Crippen LogP contribution in [0.1, 0.15) is 25.6 Å². The number of halogens is 1. The van der Waals surface area contributed by atoms with Crippen molar-refractivity contribution >= 4 is 35.8 Å². The van der Waals surface area contributed by atoms with E-state index in [9.17, 15) is 4.79 Å². The summed E-state index contributed by atoms with van der Waals surface area (Å²) in [6.07, 6.45) is 4.93. The minimum atomic E-state index is -0.0368. The minimum Gasteiger partial charge on any atom is -0.376 e. The molecule has 0 radical (unpaired) electrons. The lowest BCUT2D eigenvalue weighted by molar-refractivity contribution is -0.127. The van der Waals surface area contributed by atoms with Gasteiger partial charge in [0.15, 0.2) is 5.96 Å². The molecule has 0 aliphatic carbocycles. The van der Waals surface area contributed by atoms with E-state index in [4.69, 9.17) is 4.74 Å². The van der Waals surface area contributed by atoms with Crippen LogP contribution in [0.2, 0.25) is 0 Å². The van der Waals surface area contributed by atoms with Gasteiger partial charge in [-0.2, -0.15) is 0 Å². The highest BCUT2D eigenvalue weighted by Gasteiger charge is 2.15. The van der Waals surface area contributed by atoms with E-state index >= 15 is 0 Å². The van der Waals surface area contributed by atoms with Gasteiger partial charge in [-0.3, -0.25) is 4.79 Å². The van der Waals surface area contributed by atoms with Gasteiger partial charge < -0.3 is 24.8 Å². The number of guanidine groups is 1. The number of rotatable bonds is 8. The van der Waals surface area contributed by atoms with Gasteiger partial charge >= 0.3 is 0 Å². The number of hydrogen-bond acceptors (Lipinski definition) is 5. The lowest BCUT2D eigenvalue weighted by Gasteiger charge is -2.16. The molecule has 1 saturated heterocycles. The predicted molar refractivity (Wildman–Crippen MR) is 111 cm³/mol. The number of amides is 1. The normalized spacial score (nSPS) is 16.9. The summed E-state index contributed by atoms with van der Waals surface area (Å²) in [6.45, 7) is 5.07. The zero-order valence-corrected chi connectivity index (χ0v) is 18.1. The van der Waals surface area contributed by atoms with E-state index in [0.29, 0.717) is 19.0 Å². The summed E-state index contributed by atoms with van der Waals surface area (Å²) in [6, 6.07) is 0. The fourth-order valence-corrected chi connectivity index (χ4v) is 2.51. The molecule has 2 heterocycles. The molecule has 2 N–H and O–H groups in total. The molecule has 1 unspecified atom stereocenters. The molecule has 1 aliphatic rings. The first kappa shape index (κ1) is 22.6. The van der Waals surface area contributed by atoms with Crippen LogP contribution in [0.5, 0.6) is 0 Å². The number of nitrogens with one attached hydrogen (secondary N) is 2. The van der Waals surface area contributed by atoms with Crippen LogP contribution >= 0.6 is 24.0 Å². The van der Waals surface area contributed by atoms with Gasteiger partial charge in [-0.1, -0.05) is 6.92 Å². The summed E-state index contributed by atoms with van der Waals surface area (Å²) in [7, 11) is 3.45. The van der Waals surface area contributed by atoms with Gasteiger partial charge in [0.2, 0.25) is 5.91 Å². The standard InChI is InChI=1S/C16H29N7O2.HI/c1-4-14-21-20-12-23(14)8-7-17-16(19-11-15(24)22(2)3)18-10-13-6-5-9-25-13;/h12-13H,4-11H2,1-3H3,(H2,17,18,19);1H. The van der Waals surface area contributed by atoms with Crippen LogP contribution in [0.25, 0.3) is 0 Å². The van der Waals surface area contributed by atoms with E-state index in [1.165, 1.54) is 4.90 Å². The minimum absolute atomic E-state index is 0. The van der Waals surface area contributed by atoms with Gasteiger partial charge in [0.25, 0.3) is 0 Å². The van der Waals surface area contributed by atoms with Gasteiger partial charge in [-0.15, -0.1) is 34.2 Å². The average Bonchev–Trinajstić information content (AvgIpc) is 3.27. The number of hydrogen-bond donors (Lipinski definition) is 2. The molecule has 1 amide bonds. The summed E-state index contributed by atoms with van der Waals surface area (Å²) in [4.78, 5) is 17.7. The second-order valence-electron chi connectivity index (χ2n) is 6.19. The van der Waals surface area contributed by atoms with Crippen LogP contribution in [0, 0.1) is 0 Å². The Hall–Kier alpha value is -1.43. The first-order valence-electron chi connectivity index (χ1n) is 8.80. The summed E-state index contributed by atoms with van der Waals surface area (Å²) in [5.41, 5.74) is 0. The number of aliphatic imine (C=N–C) groups is 1. The zero-order chi connectivity index (χ0) is 18.1. The molecule has 9 nitrogen and oxygen atoms in total. The van der Waals surface area contributed by atoms with Gasteiger partial charge in [0.1, 0.15) is 18.7 Å². The average molecular weight is 479 g/mol. The number of carbonyl (C=O) groups excluding carboxylic acids is 1. The fraction of sp³-hybridized carbons (Fsp3) is 0.750. The molecule has 0 saturated carbocycles. The molecule has 1 aromatic heterocycles. The SMILES string of the molecule is CCc1nncn1CCNC(=NCC(=O)N(C)C)NCC1CCCO1.I. The van der Waals surface area contributed by atoms with Gasteiger partial charge in [-0.05, 0) is 12.8 Å². The van der Waals surface area contributed by atoms with Gasteiger partial charge in [-0.25, -0.2) is 4.99 Å². The van der Waals surface area contributed by atoms with Crippen LogP contribution in [-0.4, -0.2) is 78.0 Å². The molecule has 2 rings (SSSR count). The van der Waals surface area contributed by atoms with Crippen LogP contribution in [0.15, 0.2) is 11.3 Å². The maximum absolute atomic E-state index is 11.8. The van der Waals surface area contributed by atoms with E-state index in [0.717, 1.165) is 38.2 Å². The second-order valence-corrected chi connectivity index (χ2v) is 6.19. The Balaban J connectivity index is 0.00000338. The lowest BCUT2D eigenvalue weighted by atomic mass is 10.2. The monoisotopic (exact) mass is 479 g/mol. The molecule has 1 aromatic rings. The number of nitrogens with zero attached hydrogens (tertiary/aromatic N) is 5. The summed E-state index contributed by atoms with van der Waals surface area (Å²) >= 11 is 0. The third-order valence-corrected chi connectivity index (χ3v) is 4.05. The van der Waals surface area contributed by atoms with Crippen molar-refractivity contribution in [2.24, 2.45) is 4.99 Å². The summed E-state index contributed by atoms with van der Waals surface area (Å²) in [5.74, 6) is 1.54. The third kappa shape index (κ3) is 7.44.